The highest BCUT2D eigenvalue weighted by Crippen LogP contribution is 2.22. The molecule has 0 bridgehead atoms. The van der Waals surface area contributed by atoms with Crippen LogP contribution in [0.4, 0.5) is 0 Å². The molecule has 1 saturated heterocycles. The highest BCUT2D eigenvalue weighted by Gasteiger charge is 2.24. The number of aromatic nitrogens is 4. The second-order valence-electron chi connectivity index (χ2n) is 6.49. The molecule has 0 radical (unpaired) electrons. The minimum Gasteiger partial charge on any atom is -0.345 e. The molecule has 0 amide bonds. The Morgan fingerprint density at radius 1 is 1.38 bits per heavy atom. The zero-order valence-electron chi connectivity index (χ0n) is 14.5. The molecule has 0 atom stereocenters. The number of allylic oxidation sites excluding steroid dienone is 1. The summed E-state index contributed by atoms with van der Waals surface area (Å²) < 4.78 is 4.07. The van der Waals surface area contributed by atoms with Gasteiger partial charge in [0.05, 0.1) is 12.6 Å². The Labute approximate surface area is 142 Å². The van der Waals surface area contributed by atoms with Crippen LogP contribution in [0.25, 0.3) is 0 Å². The predicted octanol–water partition coefficient (Wildman–Crippen LogP) is 2.40. The third-order valence-electron chi connectivity index (χ3n) is 4.92. The smallest absolute Gasteiger partial charge is 0.178 e. The molecule has 128 valence electrons. The van der Waals surface area contributed by atoms with Crippen molar-refractivity contribution in [3.63, 3.8) is 0 Å². The van der Waals surface area contributed by atoms with Crippen LogP contribution in [0.2, 0.25) is 0 Å². The minimum absolute atomic E-state index is 0.206. The Balaban J connectivity index is 1.60. The van der Waals surface area contributed by atoms with E-state index >= 15 is 0 Å². The van der Waals surface area contributed by atoms with Gasteiger partial charge in [-0.15, -0.1) is 6.58 Å². The van der Waals surface area contributed by atoms with E-state index in [0.29, 0.717) is 12.6 Å². The van der Waals surface area contributed by atoms with Gasteiger partial charge in [0.1, 0.15) is 12.7 Å². The summed E-state index contributed by atoms with van der Waals surface area (Å²) in [4.78, 5) is 19.0. The van der Waals surface area contributed by atoms with Crippen LogP contribution in [0.5, 0.6) is 0 Å². The molecule has 1 aliphatic heterocycles. The molecular formula is C18H25N5O. The topological polar surface area (TPSA) is 56.0 Å². The van der Waals surface area contributed by atoms with Gasteiger partial charge in [0, 0.05) is 36.6 Å². The maximum Gasteiger partial charge on any atom is 0.178 e. The normalized spacial score (nSPS) is 16.4. The number of piperidine rings is 1. The van der Waals surface area contributed by atoms with Gasteiger partial charge >= 0.3 is 0 Å². The molecule has 3 rings (SSSR count). The molecule has 2 aromatic heterocycles. The van der Waals surface area contributed by atoms with Crippen molar-refractivity contribution in [1.29, 1.82) is 0 Å². The fraction of sp³-hybridized carbons (Fsp3) is 0.500. The van der Waals surface area contributed by atoms with Crippen LogP contribution in [0, 0.1) is 13.8 Å². The van der Waals surface area contributed by atoms with Gasteiger partial charge in [0.25, 0.3) is 0 Å². The van der Waals surface area contributed by atoms with Gasteiger partial charge in [-0.3, -0.25) is 9.69 Å². The number of hydrogen-bond acceptors (Lipinski definition) is 4. The molecule has 0 aromatic carbocycles. The maximum atomic E-state index is 12.7. The van der Waals surface area contributed by atoms with Crippen molar-refractivity contribution in [1.82, 2.24) is 24.2 Å². The Bertz CT molecular complexity index is 708. The van der Waals surface area contributed by atoms with Crippen LogP contribution in [-0.4, -0.2) is 49.6 Å². The van der Waals surface area contributed by atoms with E-state index in [1.165, 1.54) is 0 Å². The highest BCUT2D eigenvalue weighted by molar-refractivity contribution is 5.99. The van der Waals surface area contributed by atoms with Crippen molar-refractivity contribution < 1.29 is 4.79 Å². The van der Waals surface area contributed by atoms with Crippen LogP contribution in [0.3, 0.4) is 0 Å². The molecule has 0 spiro atoms. The summed E-state index contributed by atoms with van der Waals surface area (Å²) in [5.41, 5.74) is 2.99. The maximum absolute atomic E-state index is 12.7. The number of rotatable bonds is 6. The van der Waals surface area contributed by atoms with Gasteiger partial charge < -0.3 is 4.57 Å². The predicted molar refractivity (Wildman–Crippen MR) is 93.2 cm³/mol. The van der Waals surface area contributed by atoms with Crippen molar-refractivity contribution in [3.8, 4) is 0 Å². The summed E-state index contributed by atoms with van der Waals surface area (Å²) in [6.07, 6.45) is 7.23. The fourth-order valence-corrected chi connectivity index (χ4v) is 3.53. The first-order valence-electron chi connectivity index (χ1n) is 8.47. The molecule has 24 heavy (non-hydrogen) atoms. The summed E-state index contributed by atoms with van der Waals surface area (Å²) >= 11 is 0. The first kappa shape index (κ1) is 16.6. The van der Waals surface area contributed by atoms with E-state index in [9.17, 15) is 4.79 Å². The fourth-order valence-electron chi connectivity index (χ4n) is 3.53. The summed E-state index contributed by atoms with van der Waals surface area (Å²) in [6, 6.07) is 2.40. The molecule has 0 N–H and O–H groups in total. The number of carbonyl (C=O) groups excluding carboxylic acids is 1. The molecule has 6 heteroatoms. The number of likely N-dealkylation sites (tertiary alicyclic amines) is 1. The van der Waals surface area contributed by atoms with Crippen LogP contribution in [0.15, 0.2) is 31.4 Å². The molecule has 6 nitrogen and oxygen atoms in total. The Kier molecular flexibility index (Phi) is 4.94. The summed E-state index contributed by atoms with van der Waals surface area (Å²) in [5.74, 6) is 0.206. The number of hydrogen-bond donors (Lipinski definition) is 0. The summed E-state index contributed by atoms with van der Waals surface area (Å²) in [7, 11) is 0. The lowest BCUT2D eigenvalue weighted by atomic mass is 10.0. The highest BCUT2D eigenvalue weighted by atomic mass is 16.1. The molecule has 2 aromatic rings. The molecule has 3 heterocycles. The van der Waals surface area contributed by atoms with Crippen molar-refractivity contribution in [2.75, 3.05) is 19.6 Å². The van der Waals surface area contributed by atoms with Gasteiger partial charge in [0.15, 0.2) is 5.78 Å². The number of Topliss-reactive ketones (excluding diaryl/α,β-unsaturated/α-hetero) is 1. The summed E-state index contributed by atoms with van der Waals surface area (Å²) in [6.45, 7) is 10.9. The first-order chi connectivity index (χ1) is 11.6. The second-order valence-corrected chi connectivity index (χ2v) is 6.49. The second kappa shape index (κ2) is 7.13. The van der Waals surface area contributed by atoms with Gasteiger partial charge in [-0.2, -0.15) is 5.10 Å². The zero-order valence-corrected chi connectivity index (χ0v) is 14.5. The Hall–Kier alpha value is -2.21. The lowest BCUT2D eigenvalue weighted by molar-refractivity contribution is 0.0894. The number of carbonyl (C=O) groups is 1. The van der Waals surface area contributed by atoms with Crippen molar-refractivity contribution >= 4 is 5.78 Å². The number of ketones is 1. The number of aryl methyl sites for hydroxylation is 1. The number of nitrogens with zero attached hydrogens (tertiary/aromatic N) is 5. The third kappa shape index (κ3) is 3.33. The standard InChI is InChI=1S/C18H25N5O/c1-4-7-22-14(2)10-17(15(22)3)18(24)11-21-8-5-16(6-9-21)23-13-19-12-20-23/h4,10,12-13,16H,1,5-9,11H2,2-3H3. The van der Waals surface area contributed by atoms with Gasteiger partial charge in [-0.05, 0) is 32.8 Å². The average molecular weight is 327 g/mol. The molecule has 0 aliphatic carbocycles. The van der Waals surface area contributed by atoms with Crippen molar-refractivity contribution in [3.05, 3.63) is 48.3 Å². The summed E-state index contributed by atoms with van der Waals surface area (Å²) in [5, 5.41) is 4.22. The quantitative estimate of drug-likeness (QED) is 0.604. The molecule has 0 unspecified atom stereocenters. The van der Waals surface area contributed by atoms with Crippen molar-refractivity contribution in [2.24, 2.45) is 0 Å². The van der Waals surface area contributed by atoms with Crippen LogP contribution in [0.1, 0.15) is 40.6 Å². The lowest BCUT2D eigenvalue weighted by Crippen LogP contribution is -2.38. The zero-order chi connectivity index (χ0) is 17.1. The molecule has 1 fully saturated rings. The monoisotopic (exact) mass is 327 g/mol. The first-order valence-corrected chi connectivity index (χ1v) is 8.47. The van der Waals surface area contributed by atoms with Crippen molar-refractivity contribution in [2.45, 2.75) is 39.3 Å². The Morgan fingerprint density at radius 3 is 2.75 bits per heavy atom. The Morgan fingerprint density at radius 2 is 2.12 bits per heavy atom. The lowest BCUT2D eigenvalue weighted by Gasteiger charge is -2.31. The molecule has 0 saturated carbocycles. The molecular weight excluding hydrogens is 302 g/mol. The SMILES string of the molecule is C=CCn1c(C)cc(C(=O)CN2CCC(n3cncn3)CC2)c1C. The minimum atomic E-state index is 0.206. The van der Waals surface area contributed by atoms with E-state index < -0.39 is 0 Å². The van der Waals surface area contributed by atoms with E-state index in [2.05, 4.69) is 26.1 Å². The largest absolute Gasteiger partial charge is 0.345 e. The van der Waals surface area contributed by atoms with Crippen LogP contribution >= 0.6 is 0 Å². The van der Waals surface area contributed by atoms with E-state index in [1.807, 2.05) is 30.7 Å². The van der Waals surface area contributed by atoms with Gasteiger partial charge in [-0.1, -0.05) is 6.08 Å². The molecule has 1 aliphatic rings. The van der Waals surface area contributed by atoms with E-state index in [4.69, 9.17) is 0 Å². The van der Waals surface area contributed by atoms with E-state index in [-0.39, 0.29) is 5.78 Å². The average Bonchev–Trinajstić information content (AvgIpc) is 3.20. The van der Waals surface area contributed by atoms with Gasteiger partial charge in [-0.25, -0.2) is 9.67 Å². The van der Waals surface area contributed by atoms with E-state index in [1.54, 1.807) is 12.7 Å². The van der Waals surface area contributed by atoms with Crippen LogP contribution in [-0.2, 0) is 6.54 Å². The van der Waals surface area contributed by atoms with Crippen LogP contribution < -0.4 is 0 Å². The van der Waals surface area contributed by atoms with Gasteiger partial charge in [0.2, 0.25) is 0 Å². The van der Waals surface area contributed by atoms with E-state index in [0.717, 1.165) is 49.4 Å². The third-order valence-corrected chi connectivity index (χ3v) is 4.92.